The van der Waals surface area contributed by atoms with Crippen LogP contribution in [0.15, 0.2) is 34.8 Å². The minimum Gasteiger partial charge on any atom is -0.303 e. The molecule has 2 fully saturated rings. The van der Waals surface area contributed by atoms with Crippen LogP contribution in [-0.4, -0.2) is 25.7 Å². The Hall–Kier alpha value is -2.19. The zero-order valence-corrected chi connectivity index (χ0v) is 18.9. The van der Waals surface area contributed by atoms with Crippen LogP contribution in [0, 0.1) is 0 Å². The van der Waals surface area contributed by atoms with Crippen molar-refractivity contribution in [2.24, 2.45) is 0 Å². The Kier molecular flexibility index (Phi) is 5.37. The summed E-state index contributed by atoms with van der Waals surface area (Å²) in [5.74, 6) is 2.50. The Morgan fingerprint density at radius 2 is 2.03 bits per heavy atom. The Morgan fingerprint density at radius 3 is 2.73 bits per heavy atom. The van der Waals surface area contributed by atoms with Gasteiger partial charge in [0.15, 0.2) is 10.3 Å². The van der Waals surface area contributed by atoms with Gasteiger partial charge in [-0.2, -0.15) is 0 Å². The lowest BCUT2D eigenvalue weighted by Crippen LogP contribution is -2.23. The molecular weight excluding hydrogens is 414 g/mol. The Balaban J connectivity index is 1.35. The van der Waals surface area contributed by atoms with Crippen LogP contribution in [0.4, 0.5) is 10.8 Å². The highest BCUT2D eigenvalue weighted by Gasteiger charge is 2.36. The normalized spacial score (nSPS) is 16.1. The minimum absolute atomic E-state index is 0.0213. The molecular formula is C22H25N5OS2. The molecule has 0 unspecified atom stereocenters. The first kappa shape index (κ1) is 19.8. The molecule has 2 aromatic heterocycles. The van der Waals surface area contributed by atoms with Crippen LogP contribution >= 0.6 is 23.1 Å². The Labute approximate surface area is 184 Å². The summed E-state index contributed by atoms with van der Waals surface area (Å²) in [6, 6.07) is 8.63. The molecule has 0 bridgehead atoms. The number of aryl methyl sites for hydroxylation is 1. The predicted octanol–water partition coefficient (Wildman–Crippen LogP) is 5.49. The van der Waals surface area contributed by atoms with Gasteiger partial charge in [-0.05, 0) is 43.7 Å². The second-order valence-corrected chi connectivity index (χ2v) is 9.74. The molecule has 30 heavy (non-hydrogen) atoms. The lowest BCUT2D eigenvalue weighted by molar-refractivity contribution is -0.115. The molecule has 1 aromatic carbocycles. The van der Waals surface area contributed by atoms with Crippen molar-refractivity contribution in [2.45, 2.75) is 68.8 Å². The first-order chi connectivity index (χ1) is 14.7. The molecule has 0 radical (unpaired) electrons. The van der Waals surface area contributed by atoms with Crippen LogP contribution < -0.4 is 4.90 Å². The number of hydrogen-bond acceptors (Lipinski definition) is 6. The molecule has 2 saturated carbocycles. The van der Waals surface area contributed by atoms with E-state index in [2.05, 4.69) is 27.8 Å². The summed E-state index contributed by atoms with van der Waals surface area (Å²) in [5.41, 5.74) is 3.03. The molecule has 0 N–H and O–H groups in total. The van der Waals surface area contributed by atoms with E-state index in [0.717, 1.165) is 39.4 Å². The van der Waals surface area contributed by atoms with Gasteiger partial charge < -0.3 is 4.57 Å². The first-order valence-corrected chi connectivity index (χ1v) is 12.4. The van der Waals surface area contributed by atoms with Crippen LogP contribution in [0.3, 0.4) is 0 Å². The van der Waals surface area contributed by atoms with Crippen LogP contribution in [-0.2, 0) is 17.0 Å². The monoisotopic (exact) mass is 439 g/mol. The number of amides is 1. The minimum atomic E-state index is -0.0213. The third kappa shape index (κ3) is 3.90. The van der Waals surface area contributed by atoms with Gasteiger partial charge in [0, 0.05) is 30.0 Å². The number of para-hydroxylation sites is 1. The third-order valence-electron chi connectivity index (χ3n) is 5.55. The average molecular weight is 440 g/mol. The van der Waals surface area contributed by atoms with Crippen molar-refractivity contribution in [3.8, 4) is 0 Å². The smallest absolute Gasteiger partial charge is 0.230 e. The third-order valence-corrected chi connectivity index (χ3v) is 7.41. The average Bonchev–Trinajstić information content (AvgIpc) is 3.68. The lowest BCUT2D eigenvalue weighted by Gasteiger charge is -2.20. The van der Waals surface area contributed by atoms with E-state index in [-0.39, 0.29) is 5.91 Å². The molecule has 5 rings (SSSR count). The molecule has 6 nitrogen and oxygen atoms in total. The number of aromatic nitrogens is 4. The number of thioether (sulfide) groups is 1. The summed E-state index contributed by atoms with van der Waals surface area (Å²) >= 11 is 3.22. The summed E-state index contributed by atoms with van der Waals surface area (Å²) in [7, 11) is 0. The molecule has 1 amide bonds. The molecule has 8 heteroatoms. The fourth-order valence-corrected chi connectivity index (χ4v) is 5.61. The molecule has 0 spiro atoms. The van der Waals surface area contributed by atoms with Gasteiger partial charge in [-0.3, -0.25) is 9.69 Å². The summed E-state index contributed by atoms with van der Waals surface area (Å²) in [5, 5.41) is 12.7. The van der Waals surface area contributed by atoms with Gasteiger partial charge in [-0.25, -0.2) is 4.98 Å². The summed E-state index contributed by atoms with van der Waals surface area (Å²) in [4.78, 5) is 19.0. The molecule has 156 valence electrons. The number of carbonyl (C=O) groups is 1. The number of carbonyl (C=O) groups excluding carboxylic acids is 1. The fourth-order valence-electron chi connectivity index (χ4n) is 3.72. The van der Waals surface area contributed by atoms with Gasteiger partial charge in [-0.1, -0.05) is 36.9 Å². The topological polar surface area (TPSA) is 63.9 Å². The van der Waals surface area contributed by atoms with E-state index >= 15 is 0 Å². The highest BCUT2D eigenvalue weighted by Crippen LogP contribution is 2.46. The van der Waals surface area contributed by atoms with Gasteiger partial charge in [0.1, 0.15) is 5.82 Å². The van der Waals surface area contributed by atoms with E-state index in [4.69, 9.17) is 4.98 Å². The SMILES string of the molecule is CCc1ccccc1N(C(C)=O)c1nc(CSc2nnc(C3CC3)n2C2CC2)cs1. The largest absolute Gasteiger partial charge is 0.303 e. The van der Waals surface area contributed by atoms with E-state index < -0.39 is 0 Å². The summed E-state index contributed by atoms with van der Waals surface area (Å²) in [6.07, 6.45) is 5.82. The Bertz CT molecular complexity index is 1070. The van der Waals surface area contributed by atoms with Gasteiger partial charge in [0.05, 0.1) is 11.4 Å². The zero-order chi connectivity index (χ0) is 20.7. The van der Waals surface area contributed by atoms with E-state index in [1.54, 1.807) is 23.6 Å². The van der Waals surface area contributed by atoms with Crippen LogP contribution in [0.2, 0.25) is 0 Å². The van der Waals surface area contributed by atoms with E-state index in [0.29, 0.717) is 12.0 Å². The molecule has 0 atom stereocenters. The number of benzene rings is 1. The number of rotatable bonds is 8. The van der Waals surface area contributed by atoms with E-state index in [1.807, 2.05) is 23.6 Å². The van der Waals surface area contributed by atoms with Gasteiger partial charge in [-0.15, -0.1) is 21.5 Å². The molecule has 2 heterocycles. The molecule has 0 saturated heterocycles. The van der Waals surface area contributed by atoms with Crippen molar-refractivity contribution in [3.63, 3.8) is 0 Å². The standard InChI is InChI=1S/C22H25N5OS2/c1-3-15-6-4-5-7-19(15)26(14(2)28)21-23-17(12-29-21)13-30-22-25-24-20(16-8-9-16)27(22)18-10-11-18/h4-7,12,16,18H,3,8-11,13H2,1-2H3. The van der Waals surface area contributed by atoms with Crippen molar-refractivity contribution in [3.05, 3.63) is 46.7 Å². The molecule has 0 aliphatic heterocycles. The molecule has 2 aliphatic rings. The van der Waals surface area contributed by atoms with Crippen LogP contribution in [0.1, 0.15) is 68.6 Å². The van der Waals surface area contributed by atoms with Crippen LogP contribution in [0.25, 0.3) is 0 Å². The number of nitrogens with zero attached hydrogens (tertiary/aromatic N) is 5. The maximum atomic E-state index is 12.5. The van der Waals surface area contributed by atoms with E-state index in [9.17, 15) is 4.79 Å². The van der Waals surface area contributed by atoms with Gasteiger partial charge >= 0.3 is 0 Å². The van der Waals surface area contributed by atoms with Crippen molar-refractivity contribution in [2.75, 3.05) is 4.90 Å². The predicted molar refractivity (Wildman–Crippen MR) is 121 cm³/mol. The van der Waals surface area contributed by atoms with Gasteiger partial charge in [0.2, 0.25) is 5.91 Å². The highest BCUT2D eigenvalue weighted by molar-refractivity contribution is 7.98. The number of thiazole rings is 1. The zero-order valence-electron chi connectivity index (χ0n) is 17.2. The van der Waals surface area contributed by atoms with Crippen molar-refractivity contribution >= 4 is 39.8 Å². The Morgan fingerprint density at radius 1 is 1.23 bits per heavy atom. The fraction of sp³-hybridized carbons (Fsp3) is 0.455. The van der Waals surface area contributed by atoms with Crippen molar-refractivity contribution < 1.29 is 4.79 Å². The summed E-state index contributed by atoms with van der Waals surface area (Å²) < 4.78 is 2.37. The maximum Gasteiger partial charge on any atom is 0.230 e. The van der Waals surface area contributed by atoms with E-state index in [1.165, 1.54) is 42.8 Å². The second-order valence-electron chi connectivity index (χ2n) is 7.96. The molecule has 2 aliphatic carbocycles. The highest BCUT2D eigenvalue weighted by atomic mass is 32.2. The lowest BCUT2D eigenvalue weighted by atomic mass is 10.1. The van der Waals surface area contributed by atoms with Crippen LogP contribution in [0.5, 0.6) is 0 Å². The number of anilines is 2. The second kappa shape index (κ2) is 8.15. The maximum absolute atomic E-state index is 12.5. The quantitative estimate of drug-likeness (QED) is 0.435. The molecule has 3 aromatic rings. The van der Waals surface area contributed by atoms with Crippen molar-refractivity contribution in [1.82, 2.24) is 19.7 Å². The van der Waals surface area contributed by atoms with Crippen molar-refractivity contribution in [1.29, 1.82) is 0 Å². The summed E-state index contributed by atoms with van der Waals surface area (Å²) in [6.45, 7) is 3.70. The number of hydrogen-bond donors (Lipinski definition) is 0. The van der Waals surface area contributed by atoms with Gasteiger partial charge in [0.25, 0.3) is 0 Å². The first-order valence-electron chi connectivity index (χ1n) is 10.6.